The Morgan fingerprint density at radius 1 is 1.06 bits per heavy atom. The fourth-order valence-electron chi connectivity index (χ4n) is 3.47. The van der Waals surface area contributed by atoms with E-state index >= 15 is 0 Å². The van der Waals surface area contributed by atoms with Gasteiger partial charge in [0.2, 0.25) is 11.8 Å². The number of para-hydroxylation sites is 1. The number of unbranched alkanes of at least 4 members (excludes halogenated alkanes) is 2. The van der Waals surface area contributed by atoms with E-state index in [0.29, 0.717) is 40.9 Å². The smallest absolute Gasteiger partial charge is 0.262 e. The molecule has 0 saturated heterocycles. The first-order valence-electron chi connectivity index (χ1n) is 11.2. The second-order valence-corrected chi connectivity index (χ2v) is 8.85. The summed E-state index contributed by atoms with van der Waals surface area (Å²) in [4.78, 5) is 40.1. The maximum atomic E-state index is 12.7. The molecule has 8 heteroatoms. The number of aromatic nitrogens is 2. The zero-order valence-electron chi connectivity index (χ0n) is 19.2. The Morgan fingerprint density at radius 2 is 1.82 bits per heavy atom. The summed E-state index contributed by atoms with van der Waals surface area (Å²) in [6.45, 7) is 6.08. The molecule has 2 amide bonds. The van der Waals surface area contributed by atoms with E-state index in [1.165, 1.54) is 0 Å². The Morgan fingerprint density at radius 3 is 2.58 bits per heavy atom. The number of hydrogen-bond acceptors (Lipinski definition) is 4. The zero-order valence-corrected chi connectivity index (χ0v) is 20.1. The first kappa shape index (κ1) is 24.4. The molecule has 174 valence electrons. The van der Waals surface area contributed by atoms with Crippen molar-refractivity contribution in [3.05, 3.63) is 63.2 Å². The van der Waals surface area contributed by atoms with Gasteiger partial charge in [-0.25, -0.2) is 0 Å². The van der Waals surface area contributed by atoms with Crippen LogP contribution in [0.25, 0.3) is 10.9 Å². The first-order chi connectivity index (χ1) is 15.8. The zero-order chi connectivity index (χ0) is 24.0. The van der Waals surface area contributed by atoms with Crippen LogP contribution in [-0.4, -0.2) is 21.4 Å². The van der Waals surface area contributed by atoms with Gasteiger partial charge in [-0.15, -0.1) is 0 Å². The maximum absolute atomic E-state index is 12.7. The fraction of sp³-hybridized carbons (Fsp3) is 0.360. The number of benzene rings is 2. The second-order valence-electron chi connectivity index (χ2n) is 8.47. The fourth-order valence-corrected chi connectivity index (χ4v) is 3.75. The quantitative estimate of drug-likeness (QED) is 0.300. The normalized spacial score (nSPS) is 11.0. The molecule has 0 aliphatic rings. The average molecular weight is 467 g/mol. The number of nitrogens with zero attached hydrogens (tertiary/aromatic N) is 1. The summed E-state index contributed by atoms with van der Waals surface area (Å²) in [5.41, 5.74) is 2.92. The number of aromatic amines is 1. The van der Waals surface area contributed by atoms with Crippen LogP contribution in [0.2, 0.25) is 0 Å². The highest BCUT2D eigenvalue weighted by Crippen LogP contribution is 2.21. The Bertz CT molecular complexity index is 1280. The van der Waals surface area contributed by atoms with Gasteiger partial charge < -0.3 is 15.6 Å². The lowest BCUT2D eigenvalue weighted by molar-refractivity contribution is -0.119. The van der Waals surface area contributed by atoms with Gasteiger partial charge in [0.1, 0.15) is 0 Å². The monoisotopic (exact) mass is 466 g/mol. The minimum Gasteiger partial charge on any atom is -0.332 e. The van der Waals surface area contributed by atoms with E-state index in [1.54, 1.807) is 16.7 Å². The third-order valence-corrected chi connectivity index (χ3v) is 5.80. The molecule has 2 aromatic carbocycles. The van der Waals surface area contributed by atoms with Crippen molar-refractivity contribution in [2.75, 3.05) is 10.6 Å². The molecule has 0 saturated carbocycles. The Balaban J connectivity index is 1.50. The topological polar surface area (TPSA) is 96.0 Å². The highest BCUT2D eigenvalue weighted by atomic mass is 32.1. The number of carbonyl (C=O) groups excluding carboxylic acids is 2. The van der Waals surface area contributed by atoms with Crippen LogP contribution in [0.4, 0.5) is 11.4 Å². The Hall–Kier alpha value is -3.26. The Labute approximate surface area is 198 Å². The maximum Gasteiger partial charge on any atom is 0.262 e. The number of fused-ring (bicyclic) bond motifs is 1. The summed E-state index contributed by atoms with van der Waals surface area (Å²) >= 11 is 5.34. The molecule has 33 heavy (non-hydrogen) atoms. The van der Waals surface area contributed by atoms with Crippen LogP contribution >= 0.6 is 12.2 Å². The van der Waals surface area contributed by atoms with Gasteiger partial charge in [0.05, 0.1) is 10.9 Å². The third-order valence-electron chi connectivity index (χ3n) is 5.48. The van der Waals surface area contributed by atoms with Crippen molar-refractivity contribution in [1.29, 1.82) is 0 Å². The number of aryl methyl sites for hydroxylation is 1. The van der Waals surface area contributed by atoms with Crippen LogP contribution in [0.1, 0.15) is 45.1 Å². The van der Waals surface area contributed by atoms with Crippen molar-refractivity contribution in [3.63, 3.8) is 0 Å². The SMILES string of the molecule is Cc1ccc(NC(=O)C(C)C)cc1NC(=O)CCCCCn1c(=S)[nH]c2ccccc2c1=O. The number of anilines is 2. The summed E-state index contributed by atoms with van der Waals surface area (Å²) < 4.78 is 1.99. The van der Waals surface area contributed by atoms with Crippen molar-refractivity contribution in [3.8, 4) is 0 Å². The van der Waals surface area contributed by atoms with E-state index < -0.39 is 0 Å². The van der Waals surface area contributed by atoms with Gasteiger partial charge in [0.15, 0.2) is 4.77 Å². The van der Waals surface area contributed by atoms with Gasteiger partial charge in [0.25, 0.3) is 5.56 Å². The molecule has 0 bridgehead atoms. The molecule has 0 aliphatic heterocycles. The van der Waals surface area contributed by atoms with E-state index in [4.69, 9.17) is 12.2 Å². The van der Waals surface area contributed by atoms with E-state index in [0.717, 1.165) is 23.9 Å². The molecule has 0 atom stereocenters. The van der Waals surface area contributed by atoms with E-state index in [-0.39, 0.29) is 23.3 Å². The lowest BCUT2D eigenvalue weighted by atomic mass is 10.1. The molecule has 1 aromatic heterocycles. The molecule has 0 radical (unpaired) electrons. The van der Waals surface area contributed by atoms with E-state index in [2.05, 4.69) is 15.6 Å². The highest BCUT2D eigenvalue weighted by molar-refractivity contribution is 7.71. The summed E-state index contributed by atoms with van der Waals surface area (Å²) in [6, 6.07) is 12.8. The molecular weight excluding hydrogens is 436 g/mol. The van der Waals surface area contributed by atoms with Crippen LogP contribution in [-0.2, 0) is 16.1 Å². The van der Waals surface area contributed by atoms with Crippen LogP contribution in [0.15, 0.2) is 47.3 Å². The van der Waals surface area contributed by atoms with Gasteiger partial charge in [-0.3, -0.25) is 19.0 Å². The largest absolute Gasteiger partial charge is 0.332 e. The first-order valence-corrected chi connectivity index (χ1v) is 11.6. The number of rotatable bonds is 9. The molecule has 0 unspecified atom stereocenters. The average Bonchev–Trinajstić information content (AvgIpc) is 2.77. The molecule has 0 spiro atoms. The molecule has 0 fully saturated rings. The number of H-pyrrole nitrogens is 1. The van der Waals surface area contributed by atoms with Crippen molar-refractivity contribution < 1.29 is 9.59 Å². The van der Waals surface area contributed by atoms with Gasteiger partial charge in [-0.05, 0) is 61.8 Å². The van der Waals surface area contributed by atoms with Crippen molar-refractivity contribution in [2.24, 2.45) is 5.92 Å². The van der Waals surface area contributed by atoms with Crippen LogP contribution in [0, 0.1) is 17.6 Å². The summed E-state index contributed by atoms with van der Waals surface area (Å²) in [6.07, 6.45) is 2.62. The molecule has 1 heterocycles. The molecule has 3 aromatic rings. The molecule has 7 nitrogen and oxygen atoms in total. The van der Waals surface area contributed by atoms with Crippen LogP contribution < -0.4 is 16.2 Å². The summed E-state index contributed by atoms with van der Waals surface area (Å²) in [5, 5.41) is 6.40. The molecule has 3 rings (SSSR count). The van der Waals surface area contributed by atoms with Gasteiger partial charge in [-0.1, -0.05) is 38.5 Å². The van der Waals surface area contributed by atoms with Crippen molar-refractivity contribution in [2.45, 2.75) is 53.0 Å². The molecular formula is C25H30N4O3S. The third kappa shape index (κ3) is 6.38. The van der Waals surface area contributed by atoms with E-state index in [9.17, 15) is 14.4 Å². The molecule has 3 N–H and O–H groups in total. The van der Waals surface area contributed by atoms with Crippen molar-refractivity contribution in [1.82, 2.24) is 9.55 Å². The van der Waals surface area contributed by atoms with Gasteiger partial charge in [0, 0.05) is 30.3 Å². The number of amides is 2. The lowest BCUT2D eigenvalue weighted by Crippen LogP contribution is -2.22. The lowest BCUT2D eigenvalue weighted by Gasteiger charge is -2.13. The summed E-state index contributed by atoms with van der Waals surface area (Å²) in [5.74, 6) is -0.267. The Kier molecular flexibility index (Phi) is 8.16. The van der Waals surface area contributed by atoms with Crippen LogP contribution in [0.3, 0.4) is 0 Å². The number of carbonyl (C=O) groups is 2. The van der Waals surface area contributed by atoms with Crippen molar-refractivity contribution >= 4 is 46.3 Å². The highest BCUT2D eigenvalue weighted by Gasteiger charge is 2.10. The number of hydrogen-bond donors (Lipinski definition) is 3. The van der Waals surface area contributed by atoms with E-state index in [1.807, 2.05) is 51.1 Å². The number of nitrogens with one attached hydrogen (secondary N) is 3. The second kappa shape index (κ2) is 11.0. The van der Waals surface area contributed by atoms with Gasteiger partial charge >= 0.3 is 0 Å². The molecule has 0 aliphatic carbocycles. The van der Waals surface area contributed by atoms with Gasteiger partial charge in [-0.2, -0.15) is 0 Å². The predicted molar refractivity (Wildman–Crippen MR) is 135 cm³/mol. The summed E-state index contributed by atoms with van der Waals surface area (Å²) in [7, 11) is 0. The minimum atomic E-state index is -0.121. The predicted octanol–water partition coefficient (Wildman–Crippen LogP) is 5.16. The van der Waals surface area contributed by atoms with Crippen LogP contribution in [0.5, 0.6) is 0 Å². The standard InChI is InChI=1S/C25H30N4O3S/c1-16(2)23(31)26-18-13-12-17(3)21(15-18)27-22(30)11-5-4-8-14-29-24(32)19-9-6-7-10-20(19)28-25(29)33/h6-7,9-10,12-13,15-16H,4-5,8,11,14H2,1-3H3,(H,26,31)(H,27,30)(H,28,33). The minimum absolute atomic E-state index is 0.0681.